The number of rotatable bonds is 7. The van der Waals surface area contributed by atoms with Crippen molar-refractivity contribution in [1.82, 2.24) is 0 Å². The zero-order chi connectivity index (χ0) is 34.9. The summed E-state index contributed by atoms with van der Waals surface area (Å²) in [6.07, 6.45) is 9.75. The van der Waals surface area contributed by atoms with Gasteiger partial charge in [0.05, 0.1) is 5.56 Å². The Hall–Kier alpha value is -3.71. The van der Waals surface area contributed by atoms with Gasteiger partial charge in [-0.3, -0.25) is 14.4 Å². The highest BCUT2D eigenvalue weighted by atomic mass is 16.3. The van der Waals surface area contributed by atoms with Crippen LogP contribution in [0, 0.1) is 28.6 Å². The molecular weight excluding hydrogens is 604 g/mol. The fraction of sp³-hybridized carbons (Fsp3) is 0.537. The predicted molar refractivity (Wildman–Crippen MR) is 186 cm³/mol. The van der Waals surface area contributed by atoms with E-state index >= 15 is 0 Å². The monoisotopic (exact) mass is 654 g/mol. The van der Waals surface area contributed by atoms with Gasteiger partial charge in [0.2, 0.25) is 5.78 Å². The summed E-state index contributed by atoms with van der Waals surface area (Å²) >= 11 is 0. The number of phenols is 1. The number of aromatic hydroxyl groups is 1. The second-order valence-corrected chi connectivity index (χ2v) is 15.8. The molecule has 7 nitrogen and oxygen atoms in total. The van der Waals surface area contributed by atoms with Crippen LogP contribution in [0.15, 0.2) is 47.2 Å². The van der Waals surface area contributed by atoms with E-state index in [0.717, 1.165) is 48.8 Å². The van der Waals surface area contributed by atoms with Crippen LogP contribution in [0.4, 0.5) is 0 Å². The van der Waals surface area contributed by atoms with Crippen molar-refractivity contribution in [2.75, 3.05) is 0 Å². The van der Waals surface area contributed by atoms with E-state index in [9.17, 15) is 34.8 Å². The van der Waals surface area contributed by atoms with Crippen molar-refractivity contribution in [3.8, 4) is 16.9 Å². The van der Waals surface area contributed by atoms with E-state index in [1.54, 1.807) is 6.92 Å². The third-order valence-electron chi connectivity index (χ3n) is 12.3. The zero-order valence-electron chi connectivity index (χ0n) is 29.2. The average molecular weight is 655 g/mol. The molecule has 2 fully saturated rings. The second kappa shape index (κ2) is 12.0. The van der Waals surface area contributed by atoms with Crippen LogP contribution in [0.25, 0.3) is 16.9 Å². The van der Waals surface area contributed by atoms with Crippen LogP contribution in [-0.4, -0.2) is 43.4 Å². The van der Waals surface area contributed by atoms with E-state index in [4.69, 9.17) is 0 Å². The third-order valence-corrected chi connectivity index (χ3v) is 12.3. The van der Waals surface area contributed by atoms with Gasteiger partial charge in [0.25, 0.3) is 0 Å². The molecule has 256 valence electrons. The SMILES string of the molecule is CCc1ccc(CCC2CCCCC2)cc1-c1ccc(O)c2c1C[C@]1(C)C[C@]3(C)C(C(C)C)C(=O)C(C(C)=O)=C(O)[C@]3(O)C(=O)C1=C2O. The summed E-state index contributed by atoms with van der Waals surface area (Å²) in [4.78, 5) is 41.1. The average Bonchev–Trinajstić information content (AvgIpc) is 3.02. The number of Topliss-reactive ketones (excluding diaryl/α,β-unsaturated/α-hetero) is 3. The van der Waals surface area contributed by atoms with Crippen LogP contribution < -0.4 is 0 Å². The Morgan fingerprint density at radius 2 is 1.67 bits per heavy atom. The third kappa shape index (κ3) is 4.90. The van der Waals surface area contributed by atoms with Gasteiger partial charge < -0.3 is 20.4 Å². The molecule has 2 aromatic rings. The molecule has 2 aromatic carbocycles. The Labute approximate surface area is 283 Å². The molecule has 48 heavy (non-hydrogen) atoms. The molecule has 4 aliphatic carbocycles. The summed E-state index contributed by atoms with van der Waals surface area (Å²) in [5, 5.41) is 47.0. The zero-order valence-corrected chi connectivity index (χ0v) is 29.2. The molecule has 0 aromatic heterocycles. The number of aliphatic hydroxyl groups excluding tert-OH is 2. The minimum Gasteiger partial charge on any atom is -0.508 e. The van der Waals surface area contributed by atoms with Crippen molar-refractivity contribution in [2.24, 2.45) is 28.6 Å². The van der Waals surface area contributed by atoms with Crippen molar-refractivity contribution < 1.29 is 34.8 Å². The van der Waals surface area contributed by atoms with Crippen LogP contribution in [0.1, 0.15) is 109 Å². The van der Waals surface area contributed by atoms with Crippen LogP contribution in [0.2, 0.25) is 0 Å². The molecule has 0 spiro atoms. The second-order valence-electron chi connectivity index (χ2n) is 15.8. The molecule has 4 N–H and O–H groups in total. The maximum Gasteiger partial charge on any atom is 0.203 e. The summed E-state index contributed by atoms with van der Waals surface area (Å²) in [5.74, 6) is -4.41. The topological polar surface area (TPSA) is 132 Å². The molecule has 0 saturated heterocycles. The lowest BCUT2D eigenvalue weighted by Gasteiger charge is -2.59. The van der Waals surface area contributed by atoms with E-state index < -0.39 is 56.8 Å². The number of allylic oxidation sites excluding steroid dienone is 1. The van der Waals surface area contributed by atoms with Crippen molar-refractivity contribution in [2.45, 2.75) is 111 Å². The quantitative estimate of drug-likeness (QED) is 0.223. The molecule has 0 aliphatic heterocycles. The number of fused-ring (bicyclic) bond motifs is 3. The highest BCUT2D eigenvalue weighted by Gasteiger charge is 2.72. The van der Waals surface area contributed by atoms with Gasteiger partial charge in [-0.05, 0) is 84.7 Å². The molecule has 0 heterocycles. The number of aryl methyl sites for hydroxylation is 2. The first-order chi connectivity index (χ1) is 22.6. The lowest BCUT2D eigenvalue weighted by Crippen LogP contribution is -2.69. The Bertz CT molecular complexity index is 1770. The van der Waals surface area contributed by atoms with E-state index in [1.165, 1.54) is 43.7 Å². The number of carbonyl (C=O) groups is 3. The number of phenolic OH excluding ortho intramolecular Hbond substituents is 1. The predicted octanol–water partition coefficient (Wildman–Crippen LogP) is 7.93. The van der Waals surface area contributed by atoms with Gasteiger partial charge >= 0.3 is 0 Å². The summed E-state index contributed by atoms with van der Waals surface area (Å²) in [6, 6.07) is 10.0. The number of hydrogen-bond donors (Lipinski definition) is 4. The number of carbonyl (C=O) groups excluding carboxylic acids is 3. The van der Waals surface area contributed by atoms with E-state index in [-0.39, 0.29) is 35.6 Å². The first-order valence-electron chi connectivity index (χ1n) is 17.8. The molecular formula is C41H50O7. The van der Waals surface area contributed by atoms with Gasteiger partial charge in [-0.25, -0.2) is 0 Å². The molecule has 2 saturated carbocycles. The minimum atomic E-state index is -2.62. The van der Waals surface area contributed by atoms with Crippen LogP contribution in [0.3, 0.4) is 0 Å². The largest absolute Gasteiger partial charge is 0.508 e. The molecule has 1 unspecified atom stereocenters. The van der Waals surface area contributed by atoms with Crippen LogP contribution in [0.5, 0.6) is 5.75 Å². The molecule has 0 amide bonds. The summed E-state index contributed by atoms with van der Waals surface area (Å²) < 4.78 is 0. The van der Waals surface area contributed by atoms with Crippen molar-refractivity contribution >= 4 is 23.1 Å². The van der Waals surface area contributed by atoms with Crippen LogP contribution in [-0.2, 0) is 33.6 Å². The standard InChI is InChI=1S/C41H50O7/c1-7-26-16-15-25(14-13-24-11-9-8-10-12-24)19-28(26)27-17-18-30(43)32-29(27)20-39(5)21-40(6)33(22(2)3)35(44)31(23(4)42)37(46)41(40,48)38(47)34(39)36(32)45/h15-19,22,24,33,43,45-46,48H,7-14,20-21H2,1-6H3/t33?,39-,40-,41+/m1/s1. The van der Waals surface area contributed by atoms with E-state index in [1.807, 2.05) is 26.8 Å². The van der Waals surface area contributed by atoms with Crippen molar-refractivity contribution in [3.05, 3.63) is 69.5 Å². The Morgan fingerprint density at radius 3 is 2.29 bits per heavy atom. The first kappa shape index (κ1) is 34.2. The van der Waals surface area contributed by atoms with Gasteiger partial charge in [-0.15, -0.1) is 0 Å². The highest BCUT2D eigenvalue weighted by Crippen LogP contribution is 2.65. The molecule has 7 heteroatoms. The van der Waals surface area contributed by atoms with Gasteiger partial charge in [0, 0.05) is 22.3 Å². The maximum atomic E-state index is 14.6. The summed E-state index contributed by atoms with van der Waals surface area (Å²) in [6.45, 7) is 10.3. The van der Waals surface area contributed by atoms with E-state index in [0.29, 0.717) is 5.56 Å². The Kier molecular flexibility index (Phi) is 8.55. The van der Waals surface area contributed by atoms with Crippen LogP contribution >= 0.6 is 0 Å². The molecule has 6 rings (SSSR count). The van der Waals surface area contributed by atoms with Gasteiger partial charge in [-0.1, -0.05) is 91.0 Å². The fourth-order valence-corrected chi connectivity index (χ4v) is 10.2. The molecule has 0 radical (unpaired) electrons. The maximum absolute atomic E-state index is 14.6. The number of hydrogen-bond acceptors (Lipinski definition) is 7. The van der Waals surface area contributed by atoms with Gasteiger partial charge in [0.15, 0.2) is 17.2 Å². The van der Waals surface area contributed by atoms with Gasteiger partial charge in [0.1, 0.15) is 22.8 Å². The van der Waals surface area contributed by atoms with Crippen molar-refractivity contribution in [3.63, 3.8) is 0 Å². The highest BCUT2D eigenvalue weighted by molar-refractivity contribution is 6.24. The molecule has 4 atom stereocenters. The molecule has 0 bridgehead atoms. The van der Waals surface area contributed by atoms with E-state index in [2.05, 4.69) is 25.1 Å². The van der Waals surface area contributed by atoms with Gasteiger partial charge in [-0.2, -0.15) is 0 Å². The minimum absolute atomic E-state index is 0.0715. The summed E-state index contributed by atoms with van der Waals surface area (Å²) in [5.41, 5.74) is -0.737. The van der Waals surface area contributed by atoms with Crippen molar-refractivity contribution in [1.29, 1.82) is 0 Å². The Morgan fingerprint density at radius 1 is 0.979 bits per heavy atom. The Balaban J connectivity index is 1.52. The first-order valence-corrected chi connectivity index (χ1v) is 17.8. The smallest absolute Gasteiger partial charge is 0.203 e. The fourth-order valence-electron chi connectivity index (χ4n) is 10.2. The lowest BCUT2D eigenvalue weighted by atomic mass is 9.43. The number of ketones is 3. The summed E-state index contributed by atoms with van der Waals surface area (Å²) in [7, 11) is 0. The molecule has 4 aliphatic rings. The number of benzene rings is 2. The lowest BCUT2D eigenvalue weighted by molar-refractivity contribution is -0.178. The normalized spacial score (nSPS) is 29.2. The number of aliphatic hydroxyl groups is 3.